The van der Waals surface area contributed by atoms with Gasteiger partial charge >= 0.3 is 0 Å². The third kappa shape index (κ3) is 5.62. The highest BCUT2D eigenvalue weighted by Crippen LogP contribution is 2.29. The summed E-state index contributed by atoms with van der Waals surface area (Å²) in [6.07, 6.45) is 2.03. The van der Waals surface area contributed by atoms with Crippen LogP contribution in [0, 0.1) is 13.8 Å². The van der Waals surface area contributed by atoms with E-state index in [-0.39, 0.29) is 23.6 Å². The Balaban J connectivity index is 1.33. The number of hydrogen-bond donors (Lipinski definition) is 3. The van der Waals surface area contributed by atoms with Gasteiger partial charge in [-0.1, -0.05) is 47.4 Å². The molecule has 1 aliphatic rings. The second-order valence-electron chi connectivity index (χ2n) is 7.38. The largest absolute Gasteiger partial charge is 0.349 e. The lowest BCUT2D eigenvalue weighted by atomic mass is 10.1. The predicted octanol–water partition coefficient (Wildman–Crippen LogP) is 4.52. The molecule has 0 radical (unpaired) electrons. The van der Waals surface area contributed by atoms with Crippen molar-refractivity contribution in [2.45, 2.75) is 37.1 Å². The highest BCUT2D eigenvalue weighted by atomic mass is 32.2. The van der Waals surface area contributed by atoms with Crippen LogP contribution < -0.4 is 16.0 Å². The molecule has 3 N–H and O–H groups in total. The Morgan fingerprint density at radius 1 is 1.06 bits per heavy atom. The number of nitrogens with zero attached hydrogens (tertiary/aromatic N) is 2. The summed E-state index contributed by atoms with van der Waals surface area (Å²) < 4.78 is 0.697. The summed E-state index contributed by atoms with van der Waals surface area (Å²) in [6.45, 7) is 4.12. The van der Waals surface area contributed by atoms with Crippen molar-refractivity contribution in [3.05, 3.63) is 59.2 Å². The van der Waals surface area contributed by atoms with Crippen molar-refractivity contribution >= 4 is 51.4 Å². The normalized spacial score (nSPS) is 13.0. The number of thioether (sulfide) groups is 1. The van der Waals surface area contributed by atoms with Crippen LogP contribution in [0.1, 0.15) is 34.3 Å². The highest BCUT2D eigenvalue weighted by molar-refractivity contribution is 8.01. The third-order valence-corrected chi connectivity index (χ3v) is 6.91. The fraction of sp³-hybridized carbons (Fsp3) is 0.273. The molecular formula is C22H23N5O2S2. The van der Waals surface area contributed by atoms with Crippen LogP contribution in [-0.4, -0.2) is 33.8 Å². The molecule has 0 aliphatic heterocycles. The average molecular weight is 454 g/mol. The molecule has 160 valence electrons. The van der Waals surface area contributed by atoms with Gasteiger partial charge in [0.2, 0.25) is 11.0 Å². The van der Waals surface area contributed by atoms with Gasteiger partial charge in [0, 0.05) is 11.7 Å². The molecule has 9 heteroatoms. The van der Waals surface area contributed by atoms with Crippen LogP contribution >= 0.6 is 23.1 Å². The smallest absolute Gasteiger partial charge is 0.253 e. The molecule has 1 fully saturated rings. The first-order valence-electron chi connectivity index (χ1n) is 9.99. The maximum atomic E-state index is 12.5. The summed E-state index contributed by atoms with van der Waals surface area (Å²) in [7, 11) is 0. The summed E-state index contributed by atoms with van der Waals surface area (Å²) in [5.41, 5.74) is 4.35. The molecule has 0 unspecified atom stereocenters. The minimum Gasteiger partial charge on any atom is -0.349 e. The molecule has 1 aromatic heterocycles. The molecule has 0 atom stereocenters. The summed E-state index contributed by atoms with van der Waals surface area (Å²) in [5.74, 6) is -0.176. The number of nitrogens with one attached hydrogen (secondary N) is 3. The van der Waals surface area contributed by atoms with Gasteiger partial charge in [0.1, 0.15) is 0 Å². The number of hydrogen-bond acceptors (Lipinski definition) is 7. The van der Waals surface area contributed by atoms with Gasteiger partial charge in [-0.25, -0.2) is 0 Å². The van der Waals surface area contributed by atoms with Crippen LogP contribution in [0.25, 0.3) is 0 Å². The van der Waals surface area contributed by atoms with Gasteiger partial charge in [0.25, 0.3) is 5.91 Å². The summed E-state index contributed by atoms with van der Waals surface area (Å²) in [4.78, 5) is 24.8. The molecule has 1 heterocycles. The second kappa shape index (κ2) is 9.49. The number of anilines is 3. The van der Waals surface area contributed by atoms with Crippen molar-refractivity contribution in [2.24, 2.45) is 0 Å². The first-order valence-corrected chi connectivity index (χ1v) is 11.8. The Morgan fingerprint density at radius 2 is 1.84 bits per heavy atom. The van der Waals surface area contributed by atoms with Crippen LogP contribution in [0.4, 0.5) is 16.5 Å². The van der Waals surface area contributed by atoms with Gasteiger partial charge in [-0.15, -0.1) is 10.2 Å². The van der Waals surface area contributed by atoms with E-state index in [4.69, 9.17) is 0 Å². The van der Waals surface area contributed by atoms with E-state index in [0.29, 0.717) is 20.7 Å². The minimum atomic E-state index is -0.198. The minimum absolute atomic E-state index is 0.155. The first kappa shape index (κ1) is 21.3. The SMILES string of the molecule is Cc1cccc(Nc2nnc(SCC(=O)Nc3ccccc3C(=O)NC3CC3)s2)c1C. The Kier molecular flexibility index (Phi) is 6.53. The van der Waals surface area contributed by atoms with E-state index in [2.05, 4.69) is 46.1 Å². The van der Waals surface area contributed by atoms with Gasteiger partial charge < -0.3 is 16.0 Å². The topological polar surface area (TPSA) is 96.0 Å². The van der Waals surface area contributed by atoms with Crippen LogP contribution in [0.3, 0.4) is 0 Å². The highest BCUT2D eigenvalue weighted by Gasteiger charge is 2.25. The maximum absolute atomic E-state index is 12.5. The number of aryl methyl sites for hydroxylation is 1. The quantitative estimate of drug-likeness (QED) is 0.434. The summed E-state index contributed by atoms with van der Waals surface area (Å²) in [6, 6.07) is 13.4. The number of carbonyl (C=O) groups excluding carboxylic acids is 2. The van der Waals surface area contributed by atoms with E-state index in [1.165, 1.54) is 28.7 Å². The first-order chi connectivity index (χ1) is 15.0. The monoisotopic (exact) mass is 453 g/mol. The van der Waals surface area contributed by atoms with E-state index < -0.39 is 0 Å². The molecule has 2 aromatic carbocycles. The second-order valence-corrected chi connectivity index (χ2v) is 9.58. The fourth-order valence-corrected chi connectivity index (χ4v) is 4.48. The van der Waals surface area contributed by atoms with Gasteiger partial charge in [0.15, 0.2) is 4.34 Å². The average Bonchev–Trinajstić information content (AvgIpc) is 3.46. The summed E-state index contributed by atoms with van der Waals surface area (Å²) >= 11 is 2.71. The number of amides is 2. The van der Waals surface area contributed by atoms with Gasteiger partial charge in [-0.2, -0.15) is 0 Å². The molecule has 4 rings (SSSR count). The zero-order chi connectivity index (χ0) is 21.8. The molecule has 0 bridgehead atoms. The standard InChI is InChI=1S/C22H23N5O2S2/c1-13-6-5-9-17(14(13)2)25-21-26-27-22(31-21)30-12-19(28)24-18-8-4-3-7-16(18)20(29)23-15-10-11-15/h3-9,15H,10-12H2,1-2H3,(H,23,29)(H,24,28)(H,25,26). The van der Waals surface area contributed by atoms with E-state index >= 15 is 0 Å². The Morgan fingerprint density at radius 3 is 2.65 bits per heavy atom. The van der Waals surface area contributed by atoms with Crippen LogP contribution in [0.15, 0.2) is 46.8 Å². The van der Waals surface area contributed by atoms with Gasteiger partial charge in [0.05, 0.1) is 17.0 Å². The molecule has 0 saturated heterocycles. The van der Waals surface area contributed by atoms with E-state index in [0.717, 1.165) is 24.1 Å². The van der Waals surface area contributed by atoms with E-state index in [9.17, 15) is 9.59 Å². The molecule has 0 spiro atoms. The zero-order valence-corrected chi connectivity index (χ0v) is 18.9. The molecule has 3 aromatic rings. The molecular weight excluding hydrogens is 430 g/mol. The van der Waals surface area contributed by atoms with Crippen molar-refractivity contribution in [1.82, 2.24) is 15.5 Å². The zero-order valence-electron chi connectivity index (χ0n) is 17.3. The molecule has 1 saturated carbocycles. The number of para-hydroxylation sites is 1. The van der Waals surface area contributed by atoms with E-state index in [1.54, 1.807) is 24.3 Å². The lowest BCUT2D eigenvalue weighted by Gasteiger charge is -2.10. The lowest BCUT2D eigenvalue weighted by Crippen LogP contribution is -2.27. The van der Waals surface area contributed by atoms with Crippen molar-refractivity contribution in [2.75, 3.05) is 16.4 Å². The number of aromatic nitrogens is 2. The van der Waals surface area contributed by atoms with Crippen molar-refractivity contribution in [1.29, 1.82) is 0 Å². The van der Waals surface area contributed by atoms with Crippen LogP contribution in [0.5, 0.6) is 0 Å². The molecule has 1 aliphatic carbocycles. The Hall–Kier alpha value is -2.91. The number of carbonyl (C=O) groups is 2. The summed E-state index contributed by atoms with van der Waals surface area (Å²) in [5, 5.41) is 18.1. The molecule has 31 heavy (non-hydrogen) atoms. The van der Waals surface area contributed by atoms with E-state index in [1.807, 2.05) is 12.1 Å². The van der Waals surface area contributed by atoms with Crippen LogP contribution in [-0.2, 0) is 4.79 Å². The Labute approximate surface area is 189 Å². The van der Waals surface area contributed by atoms with Crippen molar-refractivity contribution in [3.63, 3.8) is 0 Å². The van der Waals surface area contributed by atoms with Gasteiger partial charge in [-0.05, 0) is 56.0 Å². The van der Waals surface area contributed by atoms with Crippen LogP contribution in [0.2, 0.25) is 0 Å². The fourth-order valence-electron chi connectivity index (χ4n) is 2.91. The van der Waals surface area contributed by atoms with Crippen molar-refractivity contribution in [3.8, 4) is 0 Å². The lowest BCUT2D eigenvalue weighted by molar-refractivity contribution is -0.113. The molecule has 2 amide bonds. The predicted molar refractivity (Wildman–Crippen MR) is 125 cm³/mol. The van der Waals surface area contributed by atoms with Crippen molar-refractivity contribution < 1.29 is 9.59 Å². The van der Waals surface area contributed by atoms with Gasteiger partial charge in [-0.3, -0.25) is 9.59 Å². The third-order valence-electron chi connectivity index (χ3n) is 4.94. The number of benzene rings is 2. The maximum Gasteiger partial charge on any atom is 0.253 e. The number of rotatable bonds is 8. The molecule has 7 nitrogen and oxygen atoms in total. The Bertz CT molecular complexity index is 1110.